The van der Waals surface area contributed by atoms with Crippen LogP contribution in [0.3, 0.4) is 0 Å². The van der Waals surface area contributed by atoms with Gasteiger partial charge in [0, 0.05) is 61.0 Å². The van der Waals surface area contributed by atoms with Crippen molar-refractivity contribution in [3.05, 3.63) is 212 Å². The van der Waals surface area contributed by atoms with Crippen molar-refractivity contribution in [2.24, 2.45) is 0 Å². The zero-order valence-corrected chi connectivity index (χ0v) is 54.7. The second-order valence-electron chi connectivity index (χ2n) is 22.7. The van der Waals surface area contributed by atoms with Crippen molar-refractivity contribution in [3.8, 4) is 62.9 Å². The van der Waals surface area contributed by atoms with Crippen LogP contribution in [0.1, 0.15) is 191 Å². The molecule has 0 heterocycles. The molecule has 20 N–H and O–H groups in total. The lowest BCUT2D eigenvalue weighted by Gasteiger charge is -2.28. The quantitative estimate of drug-likeness (QED) is 0.0282. The largest absolute Gasteiger partial charge is 0.507 e. The van der Waals surface area contributed by atoms with Gasteiger partial charge in [0.15, 0.2) is 50.3 Å². The number of phenols is 9. The molecule has 536 valence electrons. The Morgan fingerprint density at radius 2 is 0.545 bits per heavy atom. The highest BCUT2D eigenvalue weighted by Crippen LogP contribution is 2.41. The smallest absolute Gasteiger partial charge is 0.154 e. The fraction of sp³-hybridized carbons (Fsp3) is 0.233. The fourth-order valence-corrected chi connectivity index (χ4v) is 10.6. The van der Waals surface area contributed by atoms with Gasteiger partial charge in [0.05, 0.1) is 117 Å². The Morgan fingerprint density at radius 3 is 0.871 bits per heavy atom. The molecule has 28 nitrogen and oxygen atoms in total. The Morgan fingerprint density at radius 1 is 0.267 bits per heavy atom. The topological polar surface area (TPSA) is 541 Å². The lowest BCUT2D eigenvalue weighted by atomic mass is 9.76. The number of carbonyl (C=O) groups is 8. The van der Waals surface area contributed by atoms with Crippen molar-refractivity contribution in [1.82, 2.24) is 0 Å². The van der Waals surface area contributed by atoms with Crippen LogP contribution < -0.4 is 0 Å². The van der Waals surface area contributed by atoms with Gasteiger partial charge in [-0.2, -0.15) is 0 Å². The summed E-state index contributed by atoms with van der Waals surface area (Å²) in [6, 6.07) is 18.2. The van der Waals surface area contributed by atoms with E-state index in [4.69, 9.17) is 20.4 Å². The second-order valence-corrected chi connectivity index (χ2v) is 22.7. The van der Waals surface area contributed by atoms with E-state index in [0.29, 0.717) is 99.8 Å². The molecule has 0 saturated heterocycles. The summed E-state index contributed by atoms with van der Waals surface area (Å²) in [5.41, 5.74) is 5.64. The number of phenolic OH excluding ortho intramolecular Hbond substituents is 2. The van der Waals surface area contributed by atoms with E-state index in [2.05, 4.69) is 0 Å². The Labute approximate surface area is 575 Å². The predicted octanol–water partition coefficient (Wildman–Crippen LogP) is 4.90. The van der Waals surface area contributed by atoms with Gasteiger partial charge in [-0.1, -0.05) is 13.8 Å². The maximum Gasteiger partial charge on any atom is 0.154 e. The number of aldehydes is 8. The van der Waals surface area contributed by atoms with Gasteiger partial charge in [0.1, 0.15) is 51.7 Å². The van der Waals surface area contributed by atoms with E-state index in [-0.39, 0.29) is 170 Å². The number of aliphatic hydroxyl groups is 11. The van der Waals surface area contributed by atoms with Crippen molar-refractivity contribution in [2.45, 2.75) is 112 Å². The number of aliphatic hydroxyl groups excluding tert-OH is 11. The van der Waals surface area contributed by atoms with Crippen molar-refractivity contribution < 1.29 is 140 Å². The minimum absolute atomic E-state index is 0.00754. The van der Waals surface area contributed by atoms with E-state index in [1.165, 1.54) is 42.5 Å². The van der Waals surface area contributed by atoms with Crippen LogP contribution in [0.15, 0.2) is 72.8 Å². The minimum Gasteiger partial charge on any atom is -0.507 e. The molecule has 8 aromatic rings. The monoisotopic (exact) mass is 1400 g/mol. The van der Waals surface area contributed by atoms with Crippen LogP contribution in [0.2, 0.25) is 0 Å². The van der Waals surface area contributed by atoms with Gasteiger partial charge in [-0.3, -0.25) is 38.4 Å². The molecule has 0 aliphatic heterocycles. The molecule has 0 atom stereocenters. The van der Waals surface area contributed by atoms with Gasteiger partial charge in [0.2, 0.25) is 0 Å². The molecule has 0 unspecified atom stereocenters. The highest BCUT2D eigenvalue weighted by Gasteiger charge is 2.29. The summed E-state index contributed by atoms with van der Waals surface area (Å²) in [5, 5.41) is 189. The normalized spacial score (nSPS) is 10.7. The molecular weight excluding hydrogens is 1320 g/mol. The van der Waals surface area contributed by atoms with Crippen molar-refractivity contribution in [1.29, 1.82) is 0 Å². The number of hydrogen-bond acceptors (Lipinski definition) is 28. The zero-order chi connectivity index (χ0) is 75.9. The van der Waals surface area contributed by atoms with Crippen LogP contribution in [0.25, 0.3) is 11.1 Å². The minimum atomic E-state index is -0.684. The molecule has 0 radical (unpaired) electrons. The predicted molar refractivity (Wildman–Crippen MR) is 358 cm³/mol. The summed E-state index contributed by atoms with van der Waals surface area (Å²) in [5.74, 6) is -2.96. The maximum atomic E-state index is 11.2. The van der Waals surface area contributed by atoms with Crippen LogP contribution in [0, 0.1) is 13.8 Å². The van der Waals surface area contributed by atoms with Crippen LogP contribution in [0.5, 0.6) is 51.7 Å². The zero-order valence-electron chi connectivity index (χ0n) is 54.7. The molecule has 0 aromatic heterocycles. The highest BCUT2D eigenvalue weighted by molar-refractivity contribution is 5.97. The van der Waals surface area contributed by atoms with E-state index in [1.807, 2.05) is 13.8 Å². The lowest BCUT2D eigenvalue weighted by Crippen LogP contribution is -2.20. The third kappa shape index (κ3) is 18.4. The first kappa shape index (κ1) is 82.3. The third-order valence-corrected chi connectivity index (χ3v) is 16.5. The van der Waals surface area contributed by atoms with Crippen LogP contribution in [-0.4, -0.2) is 152 Å². The number of carbonyl (C=O) groups excluding carboxylic acids is 8. The average molecular weight is 1400 g/mol. The molecule has 0 aliphatic rings. The van der Waals surface area contributed by atoms with E-state index in [9.17, 15) is 120 Å². The van der Waals surface area contributed by atoms with E-state index in [1.54, 1.807) is 44.2 Å². The van der Waals surface area contributed by atoms with Crippen molar-refractivity contribution >= 4 is 50.3 Å². The van der Waals surface area contributed by atoms with Crippen LogP contribution >= 0.6 is 0 Å². The van der Waals surface area contributed by atoms with Crippen molar-refractivity contribution in [2.75, 3.05) is 0 Å². The van der Waals surface area contributed by atoms with E-state index in [0.717, 1.165) is 0 Å². The first-order valence-electron chi connectivity index (χ1n) is 30.0. The Balaban J connectivity index is 0.000000271. The number of aromatic hydroxyl groups is 9. The fourth-order valence-electron chi connectivity index (χ4n) is 10.6. The van der Waals surface area contributed by atoms with Gasteiger partial charge < -0.3 is 102 Å². The summed E-state index contributed by atoms with van der Waals surface area (Å²) < 4.78 is 0. The summed E-state index contributed by atoms with van der Waals surface area (Å²) in [6.45, 7) is 2.31. The van der Waals surface area contributed by atoms with Gasteiger partial charge in [0.25, 0.3) is 0 Å². The van der Waals surface area contributed by atoms with Crippen LogP contribution in [0.4, 0.5) is 0 Å². The maximum absolute atomic E-state index is 11.2. The lowest BCUT2D eigenvalue weighted by molar-refractivity contribution is 0.108. The summed E-state index contributed by atoms with van der Waals surface area (Å²) in [6.07, 6.45) is 3.49. The molecule has 28 heteroatoms. The van der Waals surface area contributed by atoms with Crippen molar-refractivity contribution in [3.63, 3.8) is 0 Å². The molecule has 0 aliphatic carbocycles. The molecule has 0 fully saturated rings. The Kier molecular flexibility index (Phi) is 30.7. The number of benzene rings is 8. The first-order valence-corrected chi connectivity index (χ1v) is 30.0. The number of rotatable bonds is 24. The molecule has 0 amide bonds. The SMILES string of the molecule is CC(C)(c1cc(C=O)c(O)c(CO)c1)c1cc(CO)c(O)c(CO)c1.Cc1c(C=O)c(O)c(CO)c(C)c1CO.O=Cc1c(O)c(CO)c(CO)c(O)c1C=O.O=Cc1cc(-c2cc(CO)c(O)c(CO)c2)cc(C=O)c1O.O=Cc1cc(Cc2cc(CO)c(O)c(CO)c2)cc(C=O)c1O. The van der Waals surface area contributed by atoms with Crippen LogP contribution in [-0.2, 0) is 84.5 Å². The molecular formula is C73H76O28. The molecule has 8 aromatic carbocycles. The Hall–Kier alpha value is -11.1. The second kappa shape index (κ2) is 37.7. The Bertz CT molecular complexity index is 4170. The molecule has 0 bridgehead atoms. The average Bonchev–Trinajstić information content (AvgIpc) is 0.770. The molecule has 8 rings (SSSR count). The number of hydrogen-bond donors (Lipinski definition) is 20. The first-order chi connectivity index (χ1) is 48.1. The third-order valence-electron chi connectivity index (χ3n) is 16.5. The standard InChI is InChI=1S/C19H22O6.C17H16O6.C16H14O6.C11H14O4.C10H10O6/c1-19(2,15-3-11(7-20)17(24)12(4-15)8-21)16-5-13(9-22)18(25)14(6-16)10-23;18-6-12-2-10(3-13(7-19)16(12)22)1-11-4-14(8-20)17(23)15(5-11)9-21;17-5-11-1-9(2-12(6-18)15(11)21)10-3-13(7-19)16(22)14(4-10)8-20;1-6-8(3-12)7(2)10(5-14)11(15)9(6)4-13;11-1-5-6(2-12)10(16)8(4-14)7(3-13)9(5)15/h3-7,21-25H,8-10H2,1-2H3;2-7,20-23H,1,8-9H2;1-6,19-22H,7-8H2;4,12,14-15H,3,5H2,1-2H3;1-2,13-16H,3-4H2. The molecule has 0 saturated carbocycles. The van der Waals surface area contributed by atoms with Gasteiger partial charge in [-0.05, 0) is 143 Å². The molecule has 101 heavy (non-hydrogen) atoms. The summed E-state index contributed by atoms with van der Waals surface area (Å²) >= 11 is 0. The van der Waals surface area contributed by atoms with E-state index < -0.39 is 66.8 Å². The summed E-state index contributed by atoms with van der Waals surface area (Å²) in [4.78, 5) is 87.2. The highest BCUT2D eigenvalue weighted by atomic mass is 16.3. The molecule has 0 spiro atoms. The summed E-state index contributed by atoms with van der Waals surface area (Å²) in [7, 11) is 0. The van der Waals surface area contributed by atoms with Gasteiger partial charge in [-0.25, -0.2) is 0 Å². The van der Waals surface area contributed by atoms with E-state index >= 15 is 0 Å². The van der Waals surface area contributed by atoms with Gasteiger partial charge in [-0.15, -0.1) is 0 Å². The van der Waals surface area contributed by atoms with Gasteiger partial charge >= 0.3 is 0 Å².